The van der Waals surface area contributed by atoms with Crippen LogP contribution in [-0.2, 0) is 17.8 Å². The molecule has 0 amide bonds. The van der Waals surface area contributed by atoms with E-state index in [9.17, 15) is 0 Å². The molecule has 3 nitrogen and oxygen atoms in total. The number of rotatable bonds is 6. The molecule has 17 heavy (non-hydrogen) atoms. The van der Waals surface area contributed by atoms with Crippen LogP contribution in [0.2, 0.25) is 0 Å². The summed E-state index contributed by atoms with van der Waals surface area (Å²) < 4.78 is 7.82. The smallest absolute Gasteiger partial charge is 0.0588 e. The van der Waals surface area contributed by atoms with Crippen molar-refractivity contribution in [3.8, 4) is 0 Å². The monoisotopic (exact) mass is 236 g/mol. The third-order valence-corrected chi connectivity index (χ3v) is 3.56. The number of aryl methyl sites for hydroxylation is 1. The fourth-order valence-corrected chi connectivity index (χ4v) is 2.44. The van der Waals surface area contributed by atoms with Crippen LogP contribution in [0.25, 0.3) is 0 Å². The zero-order valence-electron chi connectivity index (χ0n) is 11.0. The standard InChI is InChI=1S/C14H24N2O/c1-3-6-16-7-4-13(11-16)9-15-10-14-5-8-17-12(14)2/h4,7,11-12,14-15H,3,5-6,8-10H2,1-2H3. The molecule has 1 aliphatic heterocycles. The average Bonchev–Trinajstić information content (AvgIpc) is 2.90. The van der Waals surface area contributed by atoms with Crippen LogP contribution in [0.4, 0.5) is 0 Å². The SMILES string of the molecule is CCCn1ccc(CNCC2CCOC2C)c1. The average molecular weight is 236 g/mol. The van der Waals surface area contributed by atoms with E-state index in [0.717, 1.165) is 26.2 Å². The van der Waals surface area contributed by atoms with E-state index in [1.165, 1.54) is 18.4 Å². The van der Waals surface area contributed by atoms with Gasteiger partial charge in [0.15, 0.2) is 0 Å². The maximum atomic E-state index is 5.56. The molecule has 1 saturated heterocycles. The molecule has 0 aliphatic carbocycles. The van der Waals surface area contributed by atoms with Gasteiger partial charge >= 0.3 is 0 Å². The number of nitrogens with one attached hydrogen (secondary N) is 1. The zero-order valence-corrected chi connectivity index (χ0v) is 11.0. The van der Waals surface area contributed by atoms with E-state index in [4.69, 9.17) is 4.74 Å². The van der Waals surface area contributed by atoms with Crippen molar-refractivity contribution >= 4 is 0 Å². The van der Waals surface area contributed by atoms with Gasteiger partial charge in [0, 0.05) is 38.6 Å². The Morgan fingerprint density at radius 2 is 2.41 bits per heavy atom. The molecule has 3 heteroatoms. The van der Waals surface area contributed by atoms with Crippen LogP contribution in [0.5, 0.6) is 0 Å². The lowest BCUT2D eigenvalue weighted by molar-refractivity contribution is 0.105. The Balaban J connectivity index is 1.70. The maximum Gasteiger partial charge on any atom is 0.0588 e. The van der Waals surface area contributed by atoms with Crippen molar-refractivity contribution in [2.45, 2.75) is 45.9 Å². The first-order valence-corrected chi connectivity index (χ1v) is 6.76. The van der Waals surface area contributed by atoms with Gasteiger partial charge in [0.2, 0.25) is 0 Å². The number of hydrogen-bond donors (Lipinski definition) is 1. The lowest BCUT2D eigenvalue weighted by Gasteiger charge is -2.14. The summed E-state index contributed by atoms with van der Waals surface area (Å²) in [4.78, 5) is 0. The summed E-state index contributed by atoms with van der Waals surface area (Å²) in [6, 6.07) is 2.21. The van der Waals surface area contributed by atoms with Crippen molar-refractivity contribution in [3.05, 3.63) is 24.0 Å². The minimum atomic E-state index is 0.423. The van der Waals surface area contributed by atoms with Crippen molar-refractivity contribution in [1.82, 2.24) is 9.88 Å². The molecule has 1 fully saturated rings. The topological polar surface area (TPSA) is 26.2 Å². The van der Waals surface area contributed by atoms with Gasteiger partial charge in [-0.15, -0.1) is 0 Å². The second-order valence-electron chi connectivity index (χ2n) is 5.01. The zero-order chi connectivity index (χ0) is 12.1. The second-order valence-corrected chi connectivity index (χ2v) is 5.01. The highest BCUT2D eigenvalue weighted by molar-refractivity contribution is 5.09. The lowest BCUT2D eigenvalue weighted by Crippen LogP contribution is -2.26. The number of ether oxygens (including phenoxy) is 1. The predicted octanol–water partition coefficient (Wildman–Crippen LogP) is 2.41. The third kappa shape index (κ3) is 3.58. The Morgan fingerprint density at radius 3 is 3.12 bits per heavy atom. The van der Waals surface area contributed by atoms with Gasteiger partial charge < -0.3 is 14.6 Å². The number of aromatic nitrogens is 1. The van der Waals surface area contributed by atoms with Crippen LogP contribution in [0.15, 0.2) is 18.5 Å². The predicted molar refractivity (Wildman–Crippen MR) is 70.0 cm³/mol. The van der Waals surface area contributed by atoms with Gasteiger partial charge in [-0.3, -0.25) is 0 Å². The molecule has 2 rings (SSSR count). The van der Waals surface area contributed by atoms with E-state index in [0.29, 0.717) is 12.0 Å². The van der Waals surface area contributed by atoms with Crippen molar-refractivity contribution < 1.29 is 4.74 Å². The maximum absolute atomic E-state index is 5.56. The first-order valence-electron chi connectivity index (χ1n) is 6.76. The van der Waals surface area contributed by atoms with Gasteiger partial charge in [-0.1, -0.05) is 6.92 Å². The van der Waals surface area contributed by atoms with E-state index in [1.54, 1.807) is 0 Å². The minimum absolute atomic E-state index is 0.423. The molecule has 0 bridgehead atoms. The van der Waals surface area contributed by atoms with Gasteiger partial charge in [-0.05, 0) is 37.3 Å². The molecule has 1 N–H and O–H groups in total. The van der Waals surface area contributed by atoms with Gasteiger partial charge in [0.25, 0.3) is 0 Å². The highest BCUT2D eigenvalue weighted by atomic mass is 16.5. The molecule has 1 aromatic rings. The van der Waals surface area contributed by atoms with Crippen LogP contribution in [0, 0.1) is 5.92 Å². The van der Waals surface area contributed by atoms with Crippen LogP contribution in [0.1, 0.15) is 32.3 Å². The largest absolute Gasteiger partial charge is 0.378 e. The molecular weight excluding hydrogens is 212 g/mol. The molecule has 0 saturated carbocycles. The fraction of sp³-hybridized carbons (Fsp3) is 0.714. The quantitative estimate of drug-likeness (QED) is 0.821. The van der Waals surface area contributed by atoms with Crippen molar-refractivity contribution in [3.63, 3.8) is 0 Å². The summed E-state index contributed by atoms with van der Waals surface area (Å²) in [5.74, 6) is 0.688. The van der Waals surface area contributed by atoms with Crippen molar-refractivity contribution in [1.29, 1.82) is 0 Å². The van der Waals surface area contributed by atoms with Crippen LogP contribution in [-0.4, -0.2) is 23.8 Å². The Hall–Kier alpha value is -0.800. The normalized spacial score (nSPS) is 24.4. The van der Waals surface area contributed by atoms with Gasteiger partial charge in [0.1, 0.15) is 0 Å². The van der Waals surface area contributed by atoms with E-state index in [2.05, 4.69) is 42.2 Å². The highest BCUT2D eigenvalue weighted by Crippen LogP contribution is 2.19. The van der Waals surface area contributed by atoms with Gasteiger partial charge in [-0.25, -0.2) is 0 Å². The molecule has 2 heterocycles. The van der Waals surface area contributed by atoms with E-state index in [-0.39, 0.29) is 0 Å². The molecular formula is C14H24N2O. The third-order valence-electron chi connectivity index (χ3n) is 3.56. The highest BCUT2D eigenvalue weighted by Gasteiger charge is 2.23. The van der Waals surface area contributed by atoms with Gasteiger partial charge in [-0.2, -0.15) is 0 Å². The minimum Gasteiger partial charge on any atom is -0.378 e. The summed E-state index contributed by atoms with van der Waals surface area (Å²) in [5.41, 5.74) is 1.38. The molecule has 1 aliphatic rings. The summed E-state index contributed by atoms with van der Waals surface area (Å²) in [6.07, 6.45) is 7.23. The summed E-state index contributed by atoms with van der Waals surface area (Å²) in [6.45, 7) is 8.48. The van der Waals surface area contributed by atoms with Gasteiger partial charge in [0.05, 0.1) is 6.10 Å². The fourth-order valence-electron chi connectivity index (χ4n) is 2.44. The molecule has 1 aromatic heterocycles. The molecule has 2 atom stereocenters. The van der Waals surface area contributed by atoms with Crippen molar-refractivity contribution in [2.75, 3.05) is 13.2 Å². The molecule has 2 unspecified atom stereocenters. The summed E-state index contributed by atoms with van der Waals surface area (Å²) >= 11 is 0. The number of nitrogens with zero attached hydrogens (tertiary/aromatic N) is 1. The van der Waals surface area contributed by atoms with E-state index in [1.807, 2.05) is 0 Å². The molecule has 0 spiro atoms. The Labute approximate surface area is 104 Å². The Bertz CT molecular complexity index is 335. The van der Waals surface area contributed by atoms with Crippen LogP contribution in [0.3, 0.4) is 0 Å². The van der Waals surface area contributed by atoms with Crippen LogP contribution >= 0.6 is 0 Å². The van der Waals surface area contributed by atoms with E-state index < -0.39 is 0 Å². The Morgan fingerprint density at radius 1 is 1.53 bits per heavy atom. The molecule has 0 aromatic carbocycles. The Kier molecular flexibility index (Phi) is 4.63. The number of hydrogen-bond acceptors (Lipinski definition) is 2. The molecule has 96 valence electrons. The summed E-state index contributed by atoms with van der Waals surface area (Å²) in [5, 5.41) is 3.54. The lowest BCUT2D eigenvalue weighted by atomic mass is 10.0. The first kappa shape index (κ1) is 12.7. The second kappa shape index (κ2) is 6.22. The first-order chi connectivity index (χ1) is 8.29. The van der Waals surface area contributed by atoms with E-state index >= 15 is 0 Å². The van der Waals surface area contributed by atoms with Crippen LogP contribution < -0.4 is 5.32 Å². The summed E-state index contributed by atoms with van der Waals surface area (Å²) in [7, 11) is 0. The van der Waals surface area contributed by atoms with Crippen molar-refractivity contribution in [2.24, 2.45) is 5.92 Å². The molecule has 0 radical (unpaired) electrons.